The Morgan fingerprint density at radius 1 is 1.05 bits per heavy atom. The number of Topliss-reactive ketones (excluding diaryl/α,β-unsaturated/α-hetero) is 4. The molecule has 6 atom stereocenters. The lowest BCUT2D eigenvalue weighted by atomic mass is 9.52. The first kappa shape index (κ1) is 25.9. The molecule has 0 bridgehead atoms. The molecule has 198 valence electrons. The van der Waals surface area contributed by atoms with Crippen molar-refractivity contribution >= 4 is 29.0 Å². The van der Waals surface area contributed by atoms with Crippen LogP contribution in [0.4, 0.5) is 0 Å². The second-order valence-electron chi connectivity index (χ2n) is 10.6. The first-order valence-electron chi connectivity index (χ1n) is 12.3. The molecule has 38 heavy (non-hydrogen) atoms. The minimum atomic E-state index is -2.75. The zero-order valence-corrected chi connectivity index (χ0v) is 20.9. The number of aliphatic hydroxyl groups is 2. The zero-order valence-electron chi connectivity index (χ0n) is 20.9. The molecule has 0 radical (unpaired) electrons. The molecule has 5 rings (SSSR count). The summed E-state index contributed by atoms with van der Waals surface area (Å²) in [6, 6.07) is 8.92. The molecule has 2 aromatic rings. The Bertz CT molecular complexity index is 1400. The van der Waals surface area contributed by atoms with Crippen LogP contribution in [0.3, 0.4) is 0 Å². The van der Waals surface area contributed by atoms with Gasteiger partial charge in [0.05, 0.1) is 24.1 Å². The van der Waals surface area contributed by atoms with E-state index in [0.29, 0.717) is 16.7 Å². The standard InChI is InChI=1S/C28H28N2O8/c1-30(2)22-17-10-14-9-16-15(13-5-3-12(11-31)4-6-13)7-8-18(32)20(16)23(33)19(14)25(35)28(17,38)26(36)21(24(22)34)27(29)37/h3-8,14,17,19,21-22,31-32,38H,9-11H2,1-2H3,(H2,29,37)/t14-,17-,19?,21?,22?,28-/m0/s1. The van der Waals surface area contributed by atoms with Crippen molar-refractivity contribution in [3.8, 4) is 16.9 Å². The van der Waals surface area contributed by atoms with Crippen LogP contribution in [-0.2, 0) is 32.2 Å². The highest BCUT2D eigenvalue weighted by Crippen LogP contribution is 2.51. The molecule has 0 aliphatic heterocycles. The van der Waals surface area contributed by atoms with Crippen LogP contribution in [0.2, 0.25) is 0 Å². The molecule has 3 aliphatic rings. The maximum Gasteiger partial charge on any atom is 0.235 e. The van der Waals surface area contributed by atoms with Gasteiger partial charge >= 0.3 is 0 Å². The van der Waals surface area contributed by atoms with Gasteiger partial charge < -0.3 is 21.1 Å². The molecule has 2 saturated carbocycles. The lowest BCUT2D eigenvalue weighted by Gasteiger charge is -2.52. The number of nitrogens with zero attached hydrogens (tertiary/aromatic N) is 1. The lowest BCUT2D eigenvalue weighted by Crippen LogP contribution is -2.74. The van der Waals surface area contributed by atoms with E-state index >= 15 is 0 Å². The Balaban J connectivity index is 1.64. The summed E-state index contributed by atoms with van der Waals surface area (Å²) in [4.78, 5) is 67.6. The van der Waals surface area contributed by atoms with Gasteiger partial charge in [-0.3, -0.25) is 28.9 Å². The highest BCUT2D eigenvalue weighted by molar-refractivity contribution is 6.32. The number of ketones is 4. The van der Waals surface area contributed by atoms with Crippen molar-refractivity contribution in [1.29, 1.82) is 0 Å². The third-order valence-electron chi connectivity index (χ3n) is 8.39. The minimum absolute atomic E-state index is 0.0115. The first-order chi connectivity index (χ1) is 17.9. The third-order valence-corrected chi connectivity index (χ3v) is 8.39. The number of phenolic OH excluding ortho intramolecular Hbond substituents is 1. The van der Waals surface area contributed by atoms with Gasteiger partial charge in [-0.2, -0.15) is 0 Å². The second-order valence-corrected chi connectivity index (χ2v) is 10.6. The van der Waals surface area contributed by atoms with E-state index in [2.05, 4.69) is 0 Å². The topological polar surface area (TPSA) is 175 Å². The van der Waals surface area contributed by atoms with Crippen molar-refractivity contribution < 1.29 is 39.3 Å². The number of benzene rings is 2. The molecule has 2 aromatic carbocycles. The minimum Gasteiger partial charge on any atom is -0.507 e. The largest absolute Gasteiger partial charge is 0.507 e. The number of aromatic hydroxyl groups is 1. The summed E-state index contributed by atoms with van der Waals surface area (Å²) in [5.74, 6) is -10.7. The number of hydrogen-bond donors (Lipinski definition) is 4. The number of primary amides is 1. The summed E-state index contributed by atoms with van der Waals surface area (Å²) in [6.07, 6.45) is 0.166. The van der Waals surface area contributed by atoms with E-state index in [1.54, 1.807) is 44.4 Å². The van der Waals surface area contributed by atoms with Gasteiger partial charge in [-0.15, -0.1) is 0 Å². The van der Waals surface area contributed by atoms with Gasteiger partial charge in [0.25, 0.3) is 0 Å². The van der Waals surface area contributed by atoms with E-state index in [-0.39, 0.29) is 30.8 Å². The Hall–Kier alpha value is -3.73. The van der Waals surface area contributed by atoms with Crippen molar-refractivity contribution in [3.63, 3.8) is 0 Å². The summed E-state index contributed by atoms with van der Waals surface area (Å²) >= 11 is 0. The third kappa shape index (κ3) is 3.48. The van der Waals surface area contributed by atoms with Gasteiger partial charge in [0, 0.05) is 5.92 Å². The quantitative estimate of drug-likeness (QED) is 0.405. The molecular formula is C28H28N2O8. The number of hydrogen-bond acceptors (Lipinski definition) is 9. The smallest absolute Gasteiger partial charge is 0.235 e. The lowest BCUT2D eigenvalue weighted by molar-refractivity contribution is -0.181. The van der Waals surface area contributed by atoms with Gasteiger partial charge in [0.15, 0.2) is 34.7 Å². The number of rotatable bonds is 4. The average molecular weight is 521 g/mol. The average Bonchev–Trinajstić information content (AvgIpc) is 2.86. The van der Waals surface area contributed by atoms with Crippen LogP contribution in [0.15, 0.2) is 36.4 Å². The van der Waals surface area contributed by atoms with Crippen molar-refractivity contribution in [2.45, 2.75) is 31.1 Å². The monoisotopic (exact) mass is 520 g/mol. The maximum absolute atomic E-state index is 13.8. The number of fused-ring (bicyclic) bond motifs is 3. The highest BCUT2D eigenvalue weighted by atomic mass is 16.3. The van der Waals surface area contributed by atoms with E-state index in [9.17, 15) is 39.3 Å². The van der Waals surface area contributed by atoms with E-state index in [4.69, 9.17) is 5.73 Å². The summed E-state index contributed by atoms with van der Waals surface area (Å²) in [7, 11) is 3.09. The molecule has 3 aliphatic carbocycles. The second kappa shape index (κ2) is 8.93. The molecular weight excluding hydrogens is 492 g/mol. The number of likely N-dealkylation sites (N-methyl/N-ethyl adjacent to an activating group) is 1. The van der Waals surface area contributed by atoms with E-state index < -0.39 is 64.4 Å². The number of nitrogens with two attached hydrogens (primary N) is 1. The van der Waals surface area contributed by atoms with Gasteiger partial charge in [-0.1, -0.05) is 30.3 Å². The fourth-order valence-electron chi connectivity index (χ4n) is 6.66. The predicted octanol–water partition coefficient (Wildman–Crippen LogP) is 0.0263. The zero-order chi connectivity index (χ0) is 27.7. The number of carbonyl (C=O) groups excluding carboxylic acids is 5. The van der Waals surface area contributed by atoms with Crippen LogP contribution in [0.1, 0.15) is 27.9 Å². The van der Waals surface area contributed by atoms with Crippen LogP contribution in [0.5, 0.6) is 5.75 Å². The predicted molar refractivity (Wildman–Crippen MR) is 133 cm³/mol. The molecule has 0 spiro atoms. The van der Waals surface area contributed by atoms with E-state index in [0.717, 1.165) is 5.56 Å². The number of aliphatic hydroxyl groups excluding tert-OH is 1. The van der Waals surface area contributed by atoms with Crippen LogP contribution in [0.25, 0.3) is 11.1 Å². The van der Waals surface area contributed by atoms with Gasteiger partial charge in [-0.05, 0) is 61.2 Å². The fraction of sp³-hybridized carbons (Fsp3) is 0.393. The molecule has 10 heteroatoms. The molecule has 0 aromatic heterocycles. The van der Waals surface area contributed by atoms with Crippen LogP contribution in [-0.4, -0.2) is 75.0 Å². The SMILES string of the molecule is CN(C)C1C(=O)C(C(N)=O)C(=O)[C@@]2(O)C(=O)C3C(=O)c4c(O)ccc(-c5ccc(CO)cc5)c4C[C@H]3C[C@@H]12. The number of amides is 1. The molecule has 10 nitrogen and oxygen atoms in total. The number of carbonyl (C=O) groups is 5. The molecule has 1 amide bonds. The maximum atomic E-state index is 13.8. The van der Waals surface area contributed by atoms with Gasteiger partial charge in [0.2, 0.25) is 5.91 Å². The Morgan fingerprint density at radius 3 is 2.29 bits per heavy atom. The molecule has 0 saturated heterocycles. The van der Waals surface area contributed by atoms with Crippen LogP contribution < -0.4 is 5.73 Å². The van der Waals surface area contributed by atoms with Crippen molar-refractivity contribution in [2.24, 2.45) is 29.4 Å². The molecule has 5 N–H and O–H groups in total. The van der Waals surface area contributed by atoms with E-state index in [1.165, 1.54) is 11.0 Å². The molecule has 3 unspecified atom stereocenters. The summed E-state index contributed by atoms with van der Waals surface area (Å²) in [5.41, 5.74) is 5.16. The van der Waals surface area contributed by atoms with E-state index in [1.807, 2.05) is 0 Å². The van der Waals surface area contributed by atoms with Crippen LogP contribution in [0, 0.1) is 23.7 Å². The Labute approximate surface area is 218 Å². The molecule has 0 heterocycles. The summed E-state index contributed by atoms with van der Waals surface area (Å²) < 4.78 is 0. The van der Waals surface area contributed by atoms with Crippen molar-refractivity contribution in [3.05, 3.63) is 53.1 Å². The van der Waals surface area contributed by atoms with Crippen molar-refractivity contribution in [2.75, 3.05) is 14.1 Å². The molecule has 2 fully saturated rings. The first-order valence-corrected chi connectivity index (χ1v) is 12.3. The Kier molecular flexibility index (Phi) is 6.09. The van der Waals surface area contributed by atoms with Crippen molar-refractivity contribution in [1.82, 2.24) is 4.90 Å². The fourth-order valence-corrected chi connectivity index (χ4v) is 6.66. The Morgan fingerprint density at radius 2 is 1.71 bits per heavy atom. The van der Waals surface area contributed by atoms with Crippen LogP contribution >= 0.6 is 0 Å². The summed E-state index contributed by atoms with van der Waals surface area (Å²) in [6.45, 7) is -0.135. The highest BCUT2D eigenvalue weighted by Gasteiger charge is 2.69. The number of phenols is 1. The van der Waals surface area contributed by atoms with Gasteiger partial charge in [0.1, 0.15) is 5.75 Å². The normalized spacial score (nSPS) is 30.6. The summed E-state index contributed by atoms with van der Waals surface area (Å²) in [5, 5.41) is 31.7. The van der Waals surface area contributed by atoms with Gasteiger partial charge in [-0.25, -0.2) is 0 Å².